The predicted octanol–water partition coefficient (Wildman–Crippen LogP) is 6.68. The van der Waals surface area contributed by atoms with Crippen molar-refractivity contribution in [3.63, 3.8) is 0 Å². The Morgan fingerprint density at radius 2 is 1.89 bits per heavy atom. The van der Waals surface area contributed by atoms with Gasteiger partial charge in [0.25, 0.3) is 0 Å². The first-order chi connectivity index (χ1) is 17.9. The number of allylic oxidation sites excluding steroid dienone is 1. The highest BCUT2D eigenvalue weighted by Crippen LogP contribution is 2.37. The second kappa shape index (κ2) is 15.1. The second-order valence-corrected chi connectivity index (χ2v) is 10.8. The summed E-state index contributed by atoms with van der Waals surface area (Å²) in [5.74, 6) is 2.20. The third kappa shape index (κ3) is 9.43. The molecule has 1 aliphatic rings. The molecule has 2 aromatic rings. The number of amides is 1. The number of carbonyl (C=O) groups is 1. The summed E-state index contributed by atoms with van der Waals surface area (Å²) in [5.41, 5.74) is 0.335. The minimum atomic E-state index is -0.694. The van der Waals surface area contributed by atoms with E-state index in [1.165, 1.54) is 0 Å². The van der Waals surface area contributed by atoms with Gasteiger partial charge < -0.3 is 14.8 Å². The van der Waals surface area contributed by atoms with Gasteiger partial charge in [0.15, 0.2) is 5.56 Å². The van der Waals surface area contributed by atoms with Gasteiger partial charge in [-0.05, 0) is 85.5 Å². The van der Waals surface area contributed by atoms with Crippen LogP contribution in [0.15, 0.2) is 66.4 Å². The summed E-state index contributed by atoms with van der Waals surface area (Å²) >= 11 is 6.09. The van der Waals surface area contributed by atoms with E-state index >= 15 is 0 Å². The van der Waals surface area contributed by atoms with Crippen LogP contribution in [0, 0.1) is 16.7 Å². The molecule has 1 fully saturated rings. The van der Waals surface area contributed by atoms with Gasteiger partial charge in [0, 0.05) is 6.42 Å². The number of hydrogen-bond acceptors (Lipinski definition) is 5. The molecule has 37 heavy (non-hydrogen) atoms. The molecule has 6 atom stereocenters. The van der Waals surface area contributed by atoms with Crippen molar-refractivity contribution in [3.05, 3.63) is 71.7 Å². The SMILES string of the molecule is C=CC1CCC(CC(NC(=O)CCCOc2ccc(P)cc2)C(N=O)c2ccc(OC(Cl)CC)cc2)C1. The zero-order chi connectivity index (χ0) is 26.6. The fourth-order valence-electron chi connectivity index (χ4n) is 4.77. The van der Waals surface area contributed by atoms with Crippen molar-refractivity contribution in [2.45, 2.75) is 69.5 Å². The van der Waals surface area contributed by atoms with Crippen molar-refractivity contribution >= 4 is 32.1 Å². The molecule has 6 nitrogen and oxygen atoms in total. The Morgan fingerprint density at radius 3 is 2.51 bits per heavy atom. The number of nitrogens with one attached hydrogen (secondary N) is 1. The molecule has 8 heteroatoms. The molecule has 1 N–H and O–H groups in total. The van der Waals surface area contributed by atoms with E-state index in [2.05, 4.69) is 26.3 Å². The quantitative estimate of drug-likeness (QED) is 0.0891. The van der Waals surface area contributed by atoms with E-state index in [0.29, 0.717) is 49.9 Å². The maximum absolute atomic E-state index is 12.9. The monoisotopic (exact) mass is 544 g/mol. The average Bonchev–Trinajstić information content (AvgIpc) is 3.36. The summed E-state index contributed by atoms with van der Waals surface area (Å²) in [4.78, 5) is 25.0. The minimum Gasteiger partial charge on any atom is -0.494 e. The maximum atomic E-state index is 12.9. The topological polar surface area (TPSA) is 77.0 Å². The number of rotatable bonds is 15. The van der Waals surface area contributed by atoms with Crippen molar-refractivity contribution in [2.24, 2.45) is 17.0 Å². The average molecular weight is 545 g/mol. The van der Waals surface area contributed by atoms with Crippen LogP contribution in [-0.4, -0.2) is 24.1 Å². The Hall–Kier alpha value is -2.43. The standard InChI is InChI=1S/C29H38ClN2O4P/c1-3-20-7-8-21(18-20)19-26(29(32-34)22-9-11-24(12-10-22)36-27(30)4-2)31-28(33)6-5-17-35-23-13-15-25(37)16-14-23/h3,9-16,20-21,26-27,29H,1,4-8,17-19,37H2,2H3,(H,31,33). The van der Waals surface area contributed by atoms with E-state index in [1.807, 2.05) is 49.4 Å². The molecule has 0 aliphatic heterocycles. The number of benzene rings is 2. The fraction of sp³-hybridized carbons (Fsp3) is 0.483. The lowest BCUT2D eigenvalue weighted by Gasteiger charge is -2.26. The normalized spacial score (nSPS) is 19.4. The molecule has 0 heterocycles. The van der Waals surface area contributed by atoms with Gasteiger partial charge in [0.05, 0.1) is 12.6 Å². The van der Waals surface area contributed by atoms with E-state index in [-0.39, 0.29) is 5.91 Å². The molecule has 1 aliphatic carbocycles. The van der Waals surface area contributed by atoms with Crippen molar-refractivity contribution in [1.29, 1.82) is 0 Å². The van der Waals surface area contributed by atoms with Gasteiger partial charge >= 0.3 is 0 Å². The van der Waals surface area contributed by atoms with Crippen molar-refractivity contribution in [2.75, 3.05) is 6.61 Å². The molecule has 200 valence electrons. The third-order valence-corrected chi connectivity index (χ3v) is 7.63. The summed E-state index contributed by atoms with van der Waals surface area (Å²) in [6.07, 6.45) is 7.43. The minimum absolute atomic E-state index is 0.103. The van der Waals surface area contributed by atoms with Gasteiger partial charge in [-0.2, -0.15) is 4.91 Å². The number of hydrogen-bond donors (Lipinski definition) is 1. The van der Waals surface area contributed by atoms with Gasteiger partial charge in [-0.3, -0.25) is 4.79 Å². The van der Waals surface area contributed by atoms with Crippen molar-refractivity contribution < 1.29 is 14.3 Å². The van der Waals surface area contributed by atoms with Crippen LogP contribution in [0.3, 0.4) is 0 Å². The van der Waals surface area contributed by atoms with Gasteiger partial charge in [0.1, 0.15) is 17.5 Å². The zero-order valence-corrected chi connectivity index (χ0v) is 23.4. The fourth-order valence-corrected chi connectivity index (χ4v) is 5.07. The lowest BCUT2D eigenvalue weighted by Crippen LogP contribution is -2.40. The summed E-state index contributed by atoms with van der Waals surface area (Å²) in [5, 5.41) is 7.67. The van der Waals surface area contributed by atoms with Gasteiger partial charge in [-0.1, -0.05) is 54.0 Å². The van der Waals surface area contributed by atoms with Crippen LogP contribution in [0.2, 0.25) is 0 Å². The van der Waals surface area contributed by atoms with Crippen LogP contribution in [-0.2, 0) is 4.79 Å². The molecular formula is C29H38ClN2O4P. The lowest BCUT2D eigenvalue weighted by atomic mass is 9.89. The number of nitrogens with zero attached hydrogens (tertiary/aromatic N) is 1. The molecule has 0 radical (unpaired) electrons. The van der Waals surface area contributed by atoms with E-state index in [4.69, 9.17) is 21.1 Å². The largest absolute Gasteiger partial charge is 0.494 e. The Kier molecular flexibility index (Phi) is 11.9. The molecule has 1 saturated carbocycles. The zero-order valence-electron chi connectivity index (χ0n) is 21.5. The second-order valence-electron chi connectivity index (χ2n) is 9.66. The third-order valence-electron chi connectivity index (χ3n) is 6.85. The highest BCUT2D eigenvalue weighted by atomic mass is 35.5. The van der Waals surface area contributed by atoms with Crippen molar-refractivity contribution in [3.8, 4) is 11.5 Å². The van der Waals surface area contributed by atoms with Crippen LogP contribution in [0.5, 0.6) is 11.5 Å². The van der Waals surface area contributed by atoms with Crippen LogP contribution in [0.1, 0.15) is 63.5 Å². The Bertz CT molecular complexity index is 1000. The summed E-state index contributed by atoms with van der Waals surface area (Å²) < 4.78 is 11.4. The highest BCUT2D eigenvalue weighted by molar-refractivity contribution is 7.27. The number of nitroso groups, excluding NO2 is 1. The van der Waals surface area contributed by atoms with E-state index in [0.717, 1.165) is 35.9 Å². The van der Waals surface area contributed by atoms with Crippen LogP contribution in [0.25, 0.3) is 0 Å². The number of halogens is 1. The Labute approximate surface area is 227 Å². The first-order valence-corrected chi connectivity index (χ1v) is 14.1. The number of carbonyl (C=O) groups excluding carboxylic acids is 1. The molecule has 2 aromatic carbocycles. The van der Waals surface area contributed by atoms with E-state index < -0.39 is 17.6 Å². The van der Waals surface area contributed by atoms with Crippen LogP contribution in [0.4, 0.5) is 0 Å². The molecule has 0 bridgehead atoms. The van der Waals surface area contributed by atoms with Gasteiger partial charge in [0.2, 0.25) is 5.91 Å². The maximum Gasteiger partial charge on any atom is 0.220 e. The molecule has 0 saturated heterocycles. The molecular weight excluding hydrogens is 507 g/mol. The Morgan fingerprint density at radius 1 is 1.19 bits per heavy atom. The van der Waals surface area contributed by atoms with Crippen LogP contribution < -0.4 is 20.1 Å². The number of ether oxygens (including phenoxy) is 2. The molecule has 0 spiro atoms. The van der Waals surface area contributed by atoms with Gasteiger partial charge in [-0.25, -0.2) is 0 Å². The Balaban J connectivity index is 1.62. The summed E-state index contributed by atoms with van der Waals surface area (Å²) in [6, 6.07) is 13.9. The smallest absolute Gasteiger partial charge is 0.220 e. The van der Waals surface area contributed by atoms with Gasteiger partial charge in [-0.15, -0.1) is 15.8 Å². The highest BCUT2D eigenvalue weighted by Gasteiger charge is 2.32. The predicted molar refractivity (Wildman–Crippen MR) is 154 cm³/mol. The summed E-state index contributed by atoms with van der Waals surface area (Å²) in [6.45, 7) is 6.32. The van der Waals surface area contributed by atoms with Crippen LogP contribution >= 0.6 is 20.8 Å². The molecule has 1 amide bonds. The first-order valence-electron chi connectivity index (χ1n) is 13.0. The first kappa shape index (κ1) is 29.1. The van der Waals surface area contributed by atoms with E-state index in [1.54, 1.807) is 12.1 Å². The number of alkyl halides is 1. The van der Waals surface area contributed by atoms with E-state index in [9.17, 15) is 9.70 Å². The molecule has 3 rings (SSSR count). The lowest BCUT2D eigenvalue weighted by molar-refractivity contribution is -0.122. The molecule has 0 aromatic heterocycles. The van der Waals surface area contributed by atoms with Crippen molar-refractivity contribution in [1.82, 2.24) is 5.32 Å². The molecule has 6 unspecified atom stereocenters. The summed E-state index contributed by atoms with van der Waals surface area (Å²) in [7, 11) is 2.64.